The summed E-state index contributed by atoms with van der Waals surface area (Å²) >= 11 is 3.39. The van der Waals surface area contributed by atoms with Gasteiger partial charge in [0.15, 0.2) is 5.58 Å². The smallest absolute Gasteiger partial charge is 0.228 e. The van der Waals surface area contributed by atoms with E-state index < -0.39 is 0 Å². The second kappa shape index (κ2) is 4.78. The lowest BCUT2D eigenvalue weighted by Crippen LogP contribution is -1.88. The minimum absolute atomic E-state index is 0.541. The van der Waals surface area contributed by atoms with Crippen molar-refractivity contribution in [3.63, 3.8) is 0 Å². The zero-order valence-corrected chi connectivity index (χ0v) is 12.2. The number of aromatic nitrogens is 5. The Morgan fingerprint density at radius 2 is 1.90 bits per heavy atom. The van der Waals surface area contributed by atoms with Gasteiger partial charge in [-0.2, -0.15) is 0 Å². The molecule has 0 bridgehead atoms. The molecule has 0 atom stereocenters. The third-order valence-electron chi connectivity index (χ3n) is 3.04. The SMILES string of the molecule is Brc1cncc(-c2nc3cc(-n4cnnc4)ccc3o2)c1. The normalized spacial score (nSPS) is 11.1. The Kier molecular flexibility index (Phi) is 2.78. The molecule has 0 saturated heterocycles. The van der Waals surface area contributed by atoms with Gasteiger partial charge >= 0.3 is 0 Å². The molecule has 21 heavy (non-hydrogen) atoms. The average Bonchev–Trinajstić information content (AvgIpc) is 3.16. The van der Waals surface area contributed by atoms with Gasteiger partial charge in [0.2, 0.25) is 5.89 Å². The molecule has 1 aromatic carbocycles. The zero-order valence-electron chi connectivity index (χ0n) is 10.6. The molecule has 0 aliphatic rings. The van der Waals surface area contributed by atoms with Gasteiger partial charge in [0.1, 0.15) is 18.2 Å². The molecule has 0 amide bonds. The van der Waals surface area contributed by atoms with Crippen LogP contribution in [0.2, 0.25) is 0 Å². The van der Waals surface area contributed by atoms with Crippen molar-refractivity contribution in [1.82, 2.24) is 24.7 Å². The Labute approximate surface area is 127 Å². The maximum Gasteiger partial charge on any atom is 0.228 e. The monoisotopic (exact) mass is 341 g/mol. The number of oxazole rings is 1. The van der Waals surface area contributed by atoms with Crippen LogP contribution in [0.5, 0.6) is 0 Å². The summed E-state index contributed by atoms with van der Waals surface area (Å²) in [6.45, 7) is 0. The quantitative estimate of drug-likeness (QED) is 0.559. The molecule has 0 saturated carbocycles. The van der Waals surface area contributed by atoms with E-state index in [1.165, 1.54) is 0 Å². The highest BCUT2D eigenvalue weighted by molar-refractivity contribution is 9.10. The minimum atomic E-state index is 0.541. The van der Waals surface area contributed by atoms with E-state index in [1.807, 2.05) is 28.8 Å². The average molecular weight is 342 g/mol. The summed E-state index contributed by atoms with van der Waals surface area (Å²) in [5.41, 5.74) is 3.25. The van der Waals surface area contributed by atoms with Crippen molar-refractivity contribution in [2.45, 2.75) is 0 Å². The first-order valence-electron chi connectivity index (χ1n) is 6.16. The topological polar surface area (TPSA) is 69.6 Å². The molecule has 0 radical (unpaired) electrons. The van der Waals surface area contributed by atoms with Gasteiger partial charge in [-0.05, 0) is 40.2 Å². The summed E-state index contributed by atoms with van der Waals surface area (Å²) in [4.78, 5) is 8.63. The lowest BCUT2D eigenvalue weighted by atomic mass is 10.3. The number of nitrogens with zero attached hydrogens (tertiary/aromatic N) is 5. The highest BCUT2D eigenvalue weighted by atomic mass is 79.9. The summed E-state index contributed by atoms with van der Waals surface area (Å²) in [6.07, 6.45) is 6.72. The molecule has 3 aromatic heterocycles. The molecule has 6 nitrogen and oxygen atoms in total. The number of hydrogen-bond donors (Lipinski definition) is 0. The Morgan fingerprint density at radius 3 is 2.71 bits per heavy atom. The molecule has 4 rings (SSSR count). The highest BCUT2D eigenvalue weighted by Crippen LogP contribution is 2.26. The van der Waals surface area contributed by atoms with Gasteiger partial charge in [-0.25, -0.2) is 4.98 Å². The van der Waals surface area contributed by atoms with Gasteiger partial charge in [-0.3, -0.25) is 9.55 Å². The fraction of sp³-hybridized carbons (Fsp3) is 0. The lowest BCUT2D eigenvalue weighted by molar-refractivity contribution is 0.619. The van der Waals surface area contributed by atoms with Gasteiger partial charge in [-0.15, -0.1) is 10.2 Å². The lowest BCUT2D eigenvalue weighted by Gasteiger charge is -1.98. The van der Waals surface area contributed by atoms with E-state index in [4.69, 9.17) is 4.42 Å². The van der Waals surface area contributed by atoms with Crippen LogP contribution in [0, 0.1) is 0 Å². The van der Waals surface area contributed by atoms with Crippen LogP contribution in [-0.4, -0.2) is 24.7 Å². The van der Waals surface area contributed by atoms with Crippen molar-refractivity contribution in [1.29, 1.82) is 0 Å². The van der Waals surface area contributed by atoms with E-state index in [9.17, 15) is 0 Å². The summed E-state index contributed by atoms with van der Waals surface area (Å²) in [7, 11) is 0. The first-order chi connectivity index (χ1) is 10.3. The molecule has 0 unspecified atom stereocenters. The van der Waals surface area contributed by atoms with E-state index in [2.05, 4.69) is 36.1 Å². The predicted octanol–water partition coefficient (Wildman–Crippen LogP) is 3.23. The van der Waals surface area contributed by atoms with Crippen LogP contribution in [0.25, 0.3) is 28.2 Å². The van der Waals surface area contributed by atoms with Gasteiger partial charge in [0.05, 0.1) is 11.3 Å². The molecule has 0 spiro atoms. The Morgan fingerprint density at radius 1 is 1.05 bits per heavy atom. The van der Waals surface area contributed by atoms with E-state index in [0.717, 1.165) is 26.8 Å². The number of fused-ring (bicyclic) bond motifs is 1. The molecular weight excluding hydrogens is 334 g/mol. The number of halogens is 1. The maximum absolute atomic E-state index is 5.77. The molecule has 0 N–H and O–H groups in total. The van der Waals surface area contributed by atoms with Crippen LogP contribution >= 0.6 is 15.9 Å². The van der Waals surface area contributed by atoms with Crippen molar-refractivity contribution >= 4 is 27.0 Å². The van der Waals surface area contributed by atoms with Gasteiger partial charge in [-0.1, -0.05) is 0 Å². The largest absolute Gasteiger partial charge is 0.436 e. The summed E-state index contributed by atoms with van der Waals surface area (Å²) in [6, 6.07) is 7.65. The van der Waals surface area contributed by atoms with Crippen LogP contribution in [0.4, 0.5) is 0 Å². The van der Waals surface area contributed by atoms with E-state index in [-0.39, 0.29) is 0 Å². The minimum Gasteiger partial charge on any atom is -0.436 e. The molecule has 4 aromatic rings. The number of pyridine rings is 1. The molecule has 102 valence electrons. The summed E-state index contributed by atoms with van der Waals surface area (Å²) < 4.78 is 8.46. The van der Waals surface area contributed by atoms with Crippen molar-refractivity contribution in [2.24, 2.45) is 0 Å². The number of hydrogen-bond acceptors (Lipinski definition) is 5. The number of benzene rings is 1. The summed E-state index contributed by atoms with van der Waals surface area (Å²) in [5.74, 6) is 0.541. The first-order valence-corrected chi connectivity index (χ1v) is 6.95. The van der Waals surface area contributed by atoms with Crippen LogP contribution in [0.1, 0.15) is 0 Å². The summed E-state index contributed by atoms with van der Waals surface area (Å²) in [5, 5.41) is 7.59. The van der Waals surface area contributed by atoms with Gasteiger partial charge in [0.25, 0.3) is 0 Å². The standard InChI is InChI=1S/C14H8BrN5O/c15-10-3-9(5-16-6-10)14-19-12-4-11(1-2-13(12)21-14)20-7-17-18-8-20/h1-8H. The van der Waals surface area contributed by atoms with Crippen molar-refractivity contribution < 1.29 is 4.42 Å². The second-order valence-corrected chi connectivity index (χ2v) is 5.35. The van der Waals surface area contributed by atoms with Crippen molar-refractivity contribution in [3.05, 3.63) is 53.8 Å². The fourth-order valence-electron chi connectivity index (χ4n) is 2.06. The molecular formula is C14H8BrN5O. The Bertz CT molecular complexity index is 916. The molecule has 0 aliphatic heterocycles. The van der Waals surface area contributed by atoms with Crippen LogP contribution in [0.3, 0.4) is 0 Å². The Hall–Kier alpha value is -2.54. The van der Waals surface area contributed by atoms with E-state index in [1.54, 1.807) is 25.0 Å². The first kappa shape index (κ1) is 12.2. The van der Waals surface area contributed by atoms with E-state index >= 15 is 0 Å². The van der Waals surface area contributed by atoms with Gasteiger partial charge < -0.3 is 4.42 Å². The van der Waals surface area contributed by atoms with Crippen molar-refractivity contribution in [2.75, 3.05) is 0 Å². The van der Waals surface area contributed by atoms with E-state index in [0.29, 0.717) is 5.89 Å². The third kappa shape index (κ3) is 2.21. The fourth-order valence-corrected chi connectivity index (χ4v) is 2.43. The highest BCUT2D eigenvalue weighted by Gasteiger charge is 2.10. The predicted molar refractivity (Wildman–Crippen MR) is 79.9 cm³/mol. The number of rotatable bonds is 2. The zero-order chi connectivity index (χ0) is 14.2. The van der Waals surface area contributed by atoms with Crippen LogP contribution in [0.15, 0.2) is 58.2 Å². The molecule has 7 heteroatoms. The second-order valence-electron chi connectivity index (χ2n) is 4.43. The van der Waals surface area contributed by atoms with Crippen LogP contribution in [-0.2, 0) is 0 Å². The Balaban J connectivity index is 1.83. The van der Waals surface area contributed by atoms with Crippen LogP contribution < -0.4 is 0 Å². The molecule has 0 fully saturated rings. The third-order valence-corrected chi connectivity index (χ3v) is 3.47. The maximum atomic E-state index is 5.77. The molecule has 0 aliphatic carbocycles. The molecule has 3 heterocycles. The van der Waals surface area contributed by atoms with Gasteiger partial charge in [0, 0.05) is 16.9 Å². The van der Waals surface area contributed by atoms with Crippen molar-refractivity contribution in [3.8, 4) is 17.1 Å².